The van der Waals surface area contributed by atoms with Gasteiger partial charge in [0, 0.05) is 4.88 Å². The number of thiophene rings is 1. The zero-order valence-electron chi connectivity index (χ0n) is 11.8. The predicted molar refractivity (Wildman–Crippen MR) is 86.3 cm³/mol. The van der Waals surface area contributed by atoms with Crippen molar-refractivity contribution >= 4 is 27.0 Å². The van der Waals surface area contributed by atoms with Crippen molar-refractivity contribution in [3.05, 3.63) is 46.2 Å². The zero-order chi connectivity index (χ0) is 14.9. The van der Waals surface area contributed by atoms with Crippen LogP contribution in [0, 0.1) is 0 Å². The fourth-order valence-electron chi connectivity index (χ4n) is 2.75. The normalized spacial score (nSPS) is 18.2. The molecule has 1 aliphatic rings. The Labute approximate surface area is 129 Å². The van der Waals surface area contributed by atoms with Gasteiger partial charge in [0.25, 0.3) is 0 Å². The number of para-hydroxylation sites is 1. The molecule has 0 aliphatic heterocycles. The van der Waals surface area contributed by atoms with Crippen LogP contribution in [0.5, 0.6) is 0 Å². The number of benzene rings is 1. The molecule has 1 heterocycles. The van der Waals surface area contributed by atoms with Crippen LogP contribution in [0.3, 0.4) is 0 Å². The summed E-state index contributed by atoms with van der Waals surface area (Å²) in [5, 5.41) is 5.53. The Morgan fingerprint density at radius 3 is 2.86 bits per heavy atom. The molecule has 0 spiro atoms. The molecule has 6 heteroatoms. The molecule has 1 unspecified atom stereocenters. The molecule has 1 aromatic heterocycles. The SMILES string of the molecule is CNS(=O)(=O)c1ccccc1NC1CCCc2sccc21. The summed E-state index contributed by atoms with van der Waals surface area (Å²) in [5.74, 6) is 0. The minimum absolute atomic E-state index is 0.188. The van der Waals surface area contributed by atoms with E-state index >= 15 is 0 Å². The number of sulfonamides is 1. The first-order valence-corrected chi connectivity index (χ1v) is 9.33. The lowest BCUT2D eigenvalue weighted by Crippen LogP contribution is -2.22. The lowest BCUT2D eigenvalue weighted by Gasteiger charge is -2.25. The Morgan fingerprint density at radius 2 is 2.05 bits per heavy atom. The first-order valence-electron chi connectivity index (χ1n) is 6.97. The lowest BCUT2D eigenvalue weighted by molar-refractivity contribution is 0.586. The van der Waals surface area contributed by atoms with E-state index in [-0.39, 0.29) is 6.04 Å². The number of fused-ring (bicyclic) bond motifs is 1. The Kier molecular flexibility index (Phi) is 4.01. The van der Waals surface area contributed by atoms with Crippen LogP contribution >= 0.6 is 11.3 Å². The van der Waals surface area contributed by atoms with E-state index in [1.807, 2.05) is 12.1 Å². The van der Waals surface area contributed by atoms with Gasteiger partial charge in [0.05, 0.1) is 11.7 Å². The third-order valence-electron chi connectivity index (χ3n) is 3.83. The van der Waals surface area contributed by atoms with Crippen molar-refractivity contribution in [2.75, 3.05) is 12.4 Å². The van der Waals surface area contributed by atoms with Gasteiger partial charge < -0.3 is 5.32 Å². The molecule has 3 rings (SSSR count). The van der Waals surface area contributed by atoms with Crippen LogP contribution in [0.15, 0.2) is 40.6 Å². The van der Waals surface area contributed by atoms with E-state index in [0.717, 1.165) is 19.3 Å². The Hall–Kier alpha value is -1.37. The van der Waals surface area contributed by atoms with E-state index in [9.17, 15) is 8.42 Å². The van der Waals surface area contributed by atoms with Crippen molar-refractivity contribution in [3.8, 4) is 0 Å². The quantitative estimate of drug-likeness (QED) is 0.909. The van der Waals surface area contributed by atoms with Crippen LogP contribution in [-0.4, -0.2) is 15.5 Å². The third kappa shape index (κ3) is 2.84. The van der Waals surface area contributed by atoms with Crippen LogP contribution < -0.4 is 10.0 Å². The number of anilines is 1. The first kappa shape index (κ1) is 14.6. The summed E-state index contributed by atoms with van der Waals surface area (Å²) in [6.45, 7) is 0. The summed E-state index contributed by atoms with van der Waals surface area (Å²) in [6.07, 6.45) is 3.28. The highest BCUT2D eigenvalue weighted by Crippen LogP contribution is 2.36. The van der Waals surface area contributed by atoms with Crippen LogP contribution in [0.2, 0.25) is 0 Å². The van der Waals surface area contributed by atoms with Gasteiger partial charge in [-0.05, 0) is 55.5 Å². The molecule has 4 nitrogen and oxygen atoms in total. The second kappa shape index (κ2) is 5.79. The molecule has 0 bridgehead atoms. The molecule has 2 N–H and O–H groups in total. The third-order valence-corrected chi connectivity index (χ3v) is 6.30. The van der Waals surface area contributed by atoms with Crippen molar-refractivity contribution in [2.24, 2.45) is 0 Å². The van der Waals surface area contributed by atoms with Crippen molar-refractivity contribution in [1.82, 2.24) is 4.72 Å². The summed E-state index contributed by atoms with van der Waals surface area (Å²) < 4.78 is 26.6. The van der Waals surface area contributed by atoms with E-state index in [1.165, 1.54) is 17.5 Å². The average Bonchev–Trinajstić information content (AvgIpc) is 2.97. The molecule has 1 aromatic carbocycles. The van der Waals surface area contributed by atoms with E-state index in [4.69, 9.17) is 0 Å². The van der Waals surface area contributed by atoms with E-state index < -0.39 is 10.0 Å². The summed E-state index contributed by atoms with van der Waals surface area (Å²) >= 11 is 1.78. The van der Waals surface area contributed by atoms with Gasteiger partial charge in [-0.1, -0.05) is 12.1 Å². The zero-order valence-corrected chi connectivity index (χ0v) is 13.4. The first-order chi connectivity index (χ1) is 10.1. The number of aryl methyl sites for hydroxylation is 1. The van der Waals surface area contributed by atoms with Crippen molar-refractivity contribution in [1.29, 1.82) is 0 Å². The Morgan fingerprint density at radius 1 is 1.24 bits per heavy atom. The maximum Gasteiger partial charge on any atom is 0.242 e. The van der Waals surface area contributed by atoms with Crippen LogP contribution in [0.1, 0.15) is 29.3 Å². The van der Waals surface area contributed by atoms with Gasteiger partial charge in [0.2, 0.25) is 10.0 Å². The molecule has 0 radical (unpaired) electrons. The monoisotopic (exact) mass is 322 g/mol. The second-order valence-electron chi connectivity index (χ2n) is 5.09. The van der Waals surface area contributed by atoms with Gasteiger partial charge in [-0.25, -0.2) is 13.1 Å². The maximum absolute atomic E-state index is 12.1. The number of rotatable bonds is 4. The number of nitrogens with one attached hydrogen (secondary N) is 2. The van der Waals surface area contributed by atoms with E-state index in [0.29, 0.717) is 10.6 Å². The Bertz CT molecular complexity index is 738. The summed E-state index contributed by atoms with van der Waals surface area (Å²) in [5.41, 5.74) is 1.97. The van der Waals surface area contributed by atoms with Gasteiger partial charge in [-0.15, -0.1) is 11.3 Å². The highest BCUT2D eigenvalue weighted by molar-refractivity contribution is 7.89. The van der Waals surface area contributed by atoms with E-state index in [2.05, 4.69) is 21.5 Å². The highest BCUT2D eigenvalue weighted by atomic mass is 32.2. The maximum atomic E-state index is 12.1. The molecule has 21 heavy (non-hydrogen) atoms. The molecule has 1 aliphatic carbocycles. The van der Waals surface area contributed by atoms with Crippen LogP contribution in [0.4, 0.5) is 5.69 Å². The standard InChI is InChI=1S/C15H18N2O2S2/c1-16-21(18,19)15-8-3-2-5-13(15)17-12-6-4-7-14-11(12)9-10-20-14/h2-3,5,8-10,12,16-17H,4,6-7H2,1H3. The molecule has 0 saturated carbocycles. The minimum Gasteiger partial charge on any atom is -0.377 e. The second-order valence-corrected chi connectivity index (χ2v) is 7.95. The van der Waals surface area contributed by atoms with Crippen LogP contribution in [0.25, 0.3) is 0 Å². The highest BCUT2D eigenvalue weighted by Gasteiger charge is 2.23. The Balaban J connectivity index is 1.94. The number of hydrogen-bond donors (Lipinski definition) is 2. The molecule has 0 fully saturated rings. The fraction of sp³-hybridized carbons (Fsp3) is 0.333. The number of hydrogen-bond acceptors (Lipinski definition) is 4. The fourth-order valence-corrected chi connectivity index (χ4v) is 4.64. The smallest absolute Gasteiger partial charge is 0.242 e. The topological polar surface area (TPSA) is 58.2 Å². The molecule has 0 saturated heterocycles. The summed E-state index contributed by atoms with van der Waals surface area (Å²) in [6, 6.07) is 9.39. The average molecular weight is 322 g/mol. The lowest BCUT2D eigenvalue weighted by atomic mass is 9.94. The van der Waals surface area contributed by atoms with Crippen molar-refractivity contribution in [3.63, 3.8) is 0 Å². The minimum atomic E-state index is -3.45. The van der Waals surface area contributed by atoms with Gasteiger partial charge in [-0.3, -0.25) is 0 Å². The summed E-state index contributed by atoms with van der Waals surface area (Å²) in [4.78, 5) is 1.71. The molecule has 0 amide bonds. The largest absolute Gasteiger partial charge is 0.377 e. The molecule has 2 aromatic rings. The van der Waals surface area contributed by atoms with E-state index in [1.54, 1.807) is 23.5 Å². The molecular formula is C15H18N2O2S2. The molecule has 112 valence electrons. The van der Waals surface area contributed by atoms with Gasteiger partial charge >= 0.3 is 0 Å². The van der Waals surface area contributed by atoms with Gasteiger partial charge in [-0.2, -0.15) is 0 Å². The molecular weight excluding hydrogens is 304 g/mol. The summed E-state index contributed by atoms with van der Waals surface area (Å²) in [7, 11) is -2.02. The van der Waals surface area contributed by atoms with Crippen molar-refractivity contribution < 1.29 is 8.42 Å². The van der Waals surface area contributed by atoms with Crippen molar-refractivity contribution in [2.45, 2.75) is 30.2 Å². The molecule has 1 atom stereocenters. The van der Waals surface area contributed by atoms with Gasteiger partial charge in [0.15, 0.2) is 0 Å². The van der Waals surface area contributed by atoms with Crippen LogP contribution in [-0.2, 0) is 16.4 Å². The van der Waals surface area contributed by atoms with Gasteiger partial charge in [0.1, 0.15) is 4.90 Å². The predicted octanol–water partition coefficient (Wildman–Crippen LogP) is 3.15.